The Morgan fingerprint density at radius 1 is 1.32 bits per heavy atom. The fourth-order valence-electron chi connectivity index (χ4n) is 1.72. The summed E-state index contributed by atoms with van der Waals surface area (Å²) in [6, 6.07) is 10.1. The first kappa shape index (κ1) is 15.7. The maximum absolute atomic E-state index is 11.7. The third-order valence-electron chi connectivity index (χ3n) is 3.33. The second kappa shape index (κ2) is 8.67. The van der Waals surface area contributed by atoms with E-state index in [-0.39, 0.29) is 5.91 Å². The average Bonchev–Trinajstić information content (AvgIpc) is 2.43. The molecule has 0 saturated carbocycles. The van der Waals surface area contributed by atoms with Crippen LogP contribution >= 0.6 is 0 Å². The van der Waals surface area contributed by atoms with E-state index in [1.165, 1.54) is 0 Å². The number of likely N-dealkylation sites (N-methyl/N-ethyl adjacent to an activating group) is 1. The highest BCUT2D eigenvalue weighted by Crippen LogP contribution is 2.03. The molecule has 0 saturated heterocycles. The van der Waals surface area contributed by atoms with Gasteiger partial charge in [-0.05, 0) is 32.5 Å². The van der Waals surface area contributed by atoms with E-state index in [4.69, 9.17) is 0 Å². The number of anilines is 1. The van der Waals surface area contributed by atoms with Crippen molar-refractivity contribution < 1.29 is 4.79 Å². The molecule has 0 aromatic heterocycles. The number of hydrogen-bond acceptors (Lipinski definition) is 3. The van der Waals surface area contributed by atoms with Crippen LogP contribution in [0.1, 0.15) is 20.3 Å². The van der Waals surface area contributed by atoms with Crippen LogP contribution in [0.4, 0.5) is 5.69 Å². The van der Waals surface area contributed by atoms with Gasteiger partial charge in [0.05, 0.1) is 6.54 Å². The second-order valence-electron chi connectivity index (χ2n) is 4.83. The van der Waals surface area contributed by atoms with E-state index in [1.54, 1.807) is 0 Å². The van der Waals surface area contributed by atoms with E-state index in [9.17, 15) is 4.79 Å². The Kier molecular flexibility index (Phi) is 7.15. The molecule has 1 rings (SSSR count). The Morgan fingerprint density at radius 2 is 2.00 bits per heavy atom. The smallest absolute Gasteiger partial charge is 0.238 e. The Balaban J connectivity index is 2.14. The first-order valence-corrected chi connectivity index (χ1v) is 6.89. The highest BCUT2D eigenvalue weighted by Gasteiger charge is 2.06. The summed E-state index contributed by atoms with van der Waals surface area (Å²) in [6.45, 7) is 6.52. The molecule has 0 spiro atoms. The van der Waals surface area contributed by atoms with Gasteiger partial charge in [-0.1, -0.05) is 25.1 Å². The first-order valence-electron chi connectivity index (χ1n) is 6.89. The molecular formula is C15H25N3O. The van der Waals surface area contributed by atoms with Crippen molar-refractivity contribution in [2.24, 2.45) is 0 Å². The van der Waals surface area contributed by atoms with Crippen LogP contribution in [0.2, 0.25) is 0 Å². The standard InChI is InChI=1S/C15H25N3O/c1-4-13(2)18(3)11-10-16-12-15(19)17-14-8-6-5-7-9-14/h5-9,13,16H,4,10-12H2,1-3H3,(H,17,19). The lowest BCUT2D eigenvalue weighted by Crippen LogP contribution is -2.37. The predicted molar refractivity (Wildman–Crippen MR) is 80.3 cm³/mol. The molecule has 0 aliphatic carbocycles. The molecule has 4 nitrogen and oxygen atoms in total. The van der Waals surface area contributed by atoms with E-state index in [1.807, 2.05) is 30.3 Å². The van der Waals surface area contributed by atoms with Gasteiger partial charge in [0.15, 0.2) is 0 Å². The van der Waals surface area contributed by atoms with Crippen LogP contribution in [-0.2, 0) is 4.79 Å². The summed E-state index contributed by atoms with van der Waals surface area (Å²) in [5, 5.41) is 6.01. The molecule has 0 aliphatic heterocycles. The lowest BCUT2D eigenvalue weighted by atomic mass is 10.2. The molecule has 0 heterocycles. The molecular weight excluding hydrogens is 238 g/mol. The summed E-state index contributed by atoms with van der Waals surface area (Å²) in [7, 11) is 2.11. The Morgan fingerprint density at radius 3 is 2.63 bits per heavy atom. The summed E-state index contributed by atoms with van der Waals surface area (Å²) in [5.41, 5.74) is 0.839. The van der Waals surface area contributed by atoms with Crippen molar-refractivity contribution in [2.75, 3.05) is 32.0 Å². The summed E-state index contributed by atoms with van der Waals surface area (Å²) in [5.74, 6) is -0.00241. The molecule has 1 atom stereocenters. The third kappa shape index (κ3) is 6.36. The quantitative estimate of drug-likeness (QED) is 0.705. The van der Waals surface area contributed by atoms with E-state index in [0.29, 0.717) is 12.6 Å². The van der Waals surface area contributed by atoms with Crippen LogP contribution in [0.3, 0.4) is 0 Å². The monoisotopic (exact) mass is 263 g/mol. The highest BCUT2D eigenvalue weighted by molar-refractivity contribution is 5.92. The Bertz CT molecular complexity index is 367. The average molecular weight is 263 g/mol. The summed E-state index contributed by atoms with van der Waals surface area (Å²) in [4.78, 5) is 14.0. The van der Waals surface area contributed by atoms with Crippen molar-refractivity contribution in [1.29, 1.82) is 0 Å². The number of hydrogen-bond donors (Lipinski definition) is 2. The van der Waals surface area contributed by atoms with Crippen LogP contribution in [0.5, 0.6) is 0 Å². The molecule has 19 heavy (non-hydrogen) atoms. The molecule has 1 aromatic rings. The fourth-order valence-corrected chi connectivity index (χ4v) is 1.72. The minimum absolute atomic E-state index is 0.00241. The van der Waals surface area contributed by atoms with Crippen LogP contribution in [0.25, 0.3) is 0 Å². The zero-order valence-electron chi connectivity index (χ0n) is 12.1. The predicted octanol–water partition coefficient (Wildman–Crippen LogP) is 1.94. The number of nitrogens with zero attached hydrogens (tertiary/aromatic N) is 1. The number of para-hydroxylation sites is 1. The van der Waals surface area contributed by atoms with Crippen LogP contribution < -0.4 is 10.6 Å². The van der Waals surface area contributed by atoms with E-state index in [0.717, 1.165) is 25.2 Å². The SMILES string of the molecule is CCC(C)N(C)CCNCC(=O)Nc1ccccc1. The number of nitrogens with one attached hydrogen (secondary N) is 2. The van der Waals surface area contributed by atoms with Gasteiger partial charge in [-0.2, -0.15) is 0 Å². The van der Waals surface area contributed by atoms with Crippen molar-refractivity contribution in [2.45, 2.75) is 26.3 Å². The van der Waals surface area contributed by atoms with E-state index >= 15 is 0 Å². The normalized spacial score (nSPS) is 12.4. The molecule has 106 valence electrons. The molecule has 0 fully saturated rings. The molecule has 4 heteroatoms. The number of rotatable bonds is 8. The summed E-state index contributed by atoms with van der Waals surface area (Å²) in [6.07, 6.45) is 1.14. The minimum Gasteiger partial charge on any atom is -0.325 e. The van der Waals surface area contributed by atoms with Gasteiger partial charge in [-0.15, -0.1) is 0 Å². The van der Waals surface area contributed by atoms with Gasteiger partial charge in [0.1, 0.15) is 0 Å². The minimum atomic E-state index is -0.00241. The topological polar surface area (TPSA) is 44.4 Å². The summed E-state index contributed by atoms with van der Waals surface area (Å²) >= 11 is 0. The first-order chi connectivity index (χ1) is 9.13. The zero-order chi connectivity index (χ0) is 14.1. The van der Waals surface area contributed by atoms with Gasteiger partial charge in [-0.25, -0.2) is 0 Å². The number of carbonyl (C=O) groups is 1. The molecule has 2 N–H and O–H groups in total. The van der Waals surface area contributed by atoms with Crippen molar-refractivity contribution >= 4 is 11.6 Å². The van der Waals surface area contributed by atoms with Gasteiger partial charge in [0.2, 0.25) is 5.91 Å². The zero-order valence-corrected chi connectivity index (χ0v) is 12.1. The Labute approximate surface area is 116 Å². The van der Waals surface area contributed by atoms with Gasteiger partial charge in [0.25, 0.3) is 0 Å². The number of benzene rings is 1. The highest BCUT2D eigenvalue weighted by atomic mass is 16.1. The van der Waals surface area contributed by atoms with Crippen LogP contribution in [0, 0.1) is 0 Å². The van der Waals surface area contributed by atoms with Gasteiger partial charge in [0, 0.05) is 24.8 Å². The van der Waals surface area contributed by atoms with E-state index in [2.05, 4.69) is 36.4 Å². The van der Waals surface area contributed by atoms with E-state index < -0.39 is 0 Å². The molecule has 1 unspecified atom stereocenters. The van der Waals surface area contributed by atoms with Crippen molar-refractivity contribution in [3.8, 4) is 0 Å². The molecule has 0 aliphatic rings. The fraction of sp³-hybridized carbons (Fsp3) is 0.533. The Hall–Kier alpha value is -1.39. The maximum atomic E-state index is 11.7. The third-order valence-corrected chi connectivity index (χ3v) is 3.33. The van der Waals surface area contributed by atoms with Crippen molar-refractivity contribution in [3.05, 3.63) is 30.3 Å². The van der Waals surface area contributed by atoms with Gasteiger partial charge in [-0.3, -0.25) is 4.79 Å². The molecule has 0 radical (unpaired) electrons. The number of amides is 1. The largest absolute Gasteiger partial charge is 0.325 e. The van der Waals surface area contributed by atoms with Crippen molar-refractivity contribution in [1.82, 2.24) is 10.2 Å². The summed E-state index contributed by atoms with van der Waals surface area (Å²) < 4.78 is 0. The lowest BCUT2D eigenvalue weighted by molar-refractivity contribution is -0.115. The van der Waals surface area contributed by atoms with Gasteiger partial charge >= 0.3 is 0 Å². The second-order valence-corrected chi connectivity index (χ2v) is 4.83. The van der Waals surface area contributed by atoms with Crippen molar-refractivity contribution in [3.63, 3.8) is 0 Å². The molecule has 0 bridgehead atoms. The molecule has 1 amide bonds. The van der Waals surface area contributed by atoms with Crippen LogP contribution in [-0.4, -0.2) is 43.5 Å². The van der Waals surface area contributed by atoms with Gasteiger partial charge < -0.3 is 15.5 Å². The maximum Gasteiger partial charge on any atom is 0.238 e. The van der Waals surface area contributed by atoms with Crippen LogP contribution in [0.15, 0.2) is 30.3 Å². The molecule has 1 aromatic carbocycles. The number of carbonyl (C=O) groups excluding carboxylic acids is 1. The lowest BCUT2D eigenvalue weighted by Gasteiger charge is -2.23.